The van der Waals surface area contributed by atoms with Crippen molar-refractivity contribution in [2.45, 2.75) is 24.9 Å². The van der Waals surface area contributed by atoms with E-state index in [1.807, 2.05) is 24.3 Å². The summed E-state index contributed by atoms with van der Waals surface area (Å²) >= 11 is 0. The molecule has 0 amide bonds. The topological polar surface area (TPSA) is 49.0 Å². The highest BCUT2D eigenvalue weighted by Crippen LogP contribution is 2.40. The van der Waals surface area contributed by atoms with Gasteiger partial charge < -0.3 is 24.3 Å². The van der Waals surface area contributed by atoms with Crippen molar-refractivity contribution in [2.24, 2.45) is 0 Å². The normalized spacial score (nSPS) is 12.4. The fourth-order valence-electron chi connectivity index (χ4n) is 4.74. The highest BCUT2D eigenvalue weighted by molar-refractivity contribution is 5.47. The first kappa shape index (κ1) is 26.1. The largest absolute Gasteiger partial charge is 0.493 e. The zero-order valence-electron chi connectivity index (χ0n) is 21.9. The van der Waals surface area contributed by atoms with Crippen LogP contribution in [0.4, 0.5) is 0 Å². The molecule has 0 saturated heterocycles. The Labute approximate surface area is 220 Å². The third-order valence-corrected chi connectivity index (χ3v) is 6.67. The first-order valence-corrected chi connectivity index (χ1v) is 12.4. The number of methoxy groups -OCH3 is 4. The Kier molecular flexibility index (Phi) is 9.06. The van der Waals surface area contributed by atoms with Crippen molar-refractivity contribution in [3.63, 3.8) is 0 Å². The summed E-state index contributed by atoms with van der Waals surface area (Å²) in [6.07, 6.45) is 0.830. The van der Waals surface area contributed by atoms with Crippen LogP contribution in [0, 0.1) is 0 Å². The molecule has 4 aromatic rings. The Hall–Kier alpha value is -3.96. The average Bonchev–Trinajstić information content (AvgIpc) is 2.97. The number of hydrogen-bond acceptors (Lipinski definition) is 5. The predicted octanol–water partition coefficient (Wildman–Crippen LogP) is 6.58. The molecule has 0 fully saturated rings. The standard InChI is InChI=1S/C32H35NO4/c1-34-28-17-15-25(20-30(28)36-3)27(19-23-11-7-5-8-12-23)32(33-22-24-13-9-6-10-14-24)26-16-18-29(35-2)31(21-26)37-4/h5-18,20-21,27,32-33H,19,22H2,1-4H3/t27-,32-/m0/s1. The maximum atomic E-state index is 5.68. The number of rotatable bonds is 12. The molecule has 0 bridgehead atoms. The second-order valence-electron chi connectivity index (χ2n) is 8.87. The predicted molar refractivity (Wildman–Crippen MR) is 148 cm³/mol. The molecule has 5 heteroatoms. The molecular weight excluding hydrogens is 462 g/mol. The van der Waals surface area contributed by atoms with Crippen molar-refractivity contribution < 1.29 is 18.9 Å². The van der Waals surface area contributed by atoms with Crippen LogP contribution in [0.3, 0.4) is 0 Å². The van der Waals surface area contributed by atoms with Gasteiger partial charge >= 0.3 is 0 Å². The van der Waals surface area contributed by atoms with Gasteiger partial charge in [-0.25, -0.2) is 0 Å². The molecule has 0 unspecified atom stereocenters. The molecule has 192 valence electrons. The van der Waals surface area contributed by atoms with Gasteiger partial charge in [0.15, 0.2) is 23.0 Å². The van der Waals surface area contributed by atoms with Gasteiger partial charge in [-0.3, -0.25) is 0 Å². The molecule has 0 aromatic heterocycles. The van der Waals surface area contributed by atoms with E-state index in [4.69, 9.17) is 18.9 Å². The van der Waals surface area contributed by atoms with E-state index in [0.29, 0.717) is 23.0 Å². The van der Waals surface area contributed by atoms with Gasteiger partial charge in [0.05, 0.1) is 28.4 Å². The van der Waals surface area contributed by atoms with Gasteiger partial charge in [0.1, 0.15) is 0 Å². The summed E-state index contributed by atoms with van der Waals surface area (Å²) in [4.78, 5) is 0. The van der Waals surface area contributed by atoms with Gasteiger partial charge in [-0.2, -0.15) is 0 Å². The molecule has 0 spiro atoms. The number of ether oxygens (including phenoxy) is 4. The van der Waals surface area contributed by atoms with Crippen LogP contribution in [0.1, 0.15) is 34.2 Å². The Bertz CT molecular complexity index is 1260. The number of nitrogens with one attached hydrogen (secondary N) is 1. The summed E-state index contributed by atoms with van der Waals surface area (Å²) in [6.45, 7) is 0.721. The van der Waals surface area contributed by atoms with Crippen LogP contribution in [-0.2, 0) is 13.0 Å². The zero-order chi connectivity index (χ0) is 26.0. The van der Waals surface area contributed by atoms with Crippen LogP contribution in [0.25, 0.3) is 0 Å². The smallest absolute Gasteiger partial charge is 0.161 e. The fraction of sp³-hybridized carbons (Fsp3) is 0.250. The lowest BCUT2D eigenvalue weighted by Crippen LogP contribution is -2.28. The minimum Gasteiger partial charge on any atom is -0.493 e. The third-order valence-electron chi connectivity index (χ3n) is 6.67. The second kappa shape index (κ2) is 12.8. The summed E-state index contributed by atoms with van der Waals surface area (Å²) in [6, 6.07) is 33.4. The fourth-order valence-corrected chi connectivity index (χ4v) is 4.74. The molecule has 0 saturated carbocycles. The van der Waals surface area contributed by atoms with Crippen molar-refractivity contribution in [2.75, 3.05) is 28.4 Å². The average molecular weight is 498 g/mol. The van der Waals surface area contributed by atoms with E-state index in [-0.39, 0.29) is 12.0 Å². The van der Waals surface area contributed by atoms with Crippen LogP contribution in [0.15, 0.2) is 97.1 Å². The van der Waals surface area contributed by atoms with Crippen LogP contribution in [-0.4, -0.2) is 28.4 Å². The minimum absolute atomic E-state index is 0.0293. The SMILES string of the molecule is COc1ccc([C@H](Cc2ccccc2)[C@@H](NCc2ccccc2)c2ccc(OC)c(OC)c2)cc1OC. The Balaban J connectivity index is 1.81. The highest BCUT2D eigenvalue weighted by atomic mass is 16.5. The lowest BCUT2D eigenvalue weighted by molar-refractivity contribution is 0.351. The van der Waals surface area contributed by atoms with Crippen LogP contribution in [0.2, 0.25) is 0 Å². The lowest BCUT2D eigenvalue weighted by atomic mass is 9.82. The van der Waals surface area contributed by atoms with E-state index in [1.54, 1.807) is 28.4 Å². The molecule has 5 nitrogen and oxygen atoms in total. The lowest BCUT2D eigenvalue weighted by Gasteiger charge is -2.30. The van der Waals surface area contributed by atoms with E-state index < -0.39 is 0 Å². The summed E-state index contributed by atoms with van der Waals surface area (Å²) in [7, 11) is 6.66. The maximum Gasteiger partial charge on any atom is 0.161 e. The van der Waals surface area contributed by atoms with Gasteiger partial charge in [-0.1, -0.05) is 72.8 Å². The van der Waals surface area contributed by atoms with Gasteiger partial charge in [0, 0.05) is 18.5 Å². The minimum atomic E-state index is -0.0293. The summed E-state index contributed by atoms with van der Waals surface area (Å²) < 4.78 is 22.4. The monoisotopic (exact) mass is 497 g/mol. The first-order valence-electron chi connectivity index (χ1n) is 12.4. The Morgan fingerprint density at radius 1 is 0.541 bits per heavy atom. The van der Waals surface area contributed by atoms with Crippen LogP contribution in [0.5, 0.6) is 23.0 Å². The summed E-state index contributed by atoms with van der Waals surface area (Å²) in [5.41, 5.74) is 4.75. The zero-order valence-corrected chi connectivity index (χ0v) is 21.9. The molecule has 0 heterocycles. The number of hydrogen-bond donors (Lipinski definition) is 1. The molecule has 0 radical (unpaired) electrons. The maximum absolute atomic E-state index is 5.68. The first-order chi connectivity index (χ1) is 18.2. The molecule has 37 heavy (non-hydrogen) atoms. The van der Waals surface area contributed by atoms with E-state index >= 15 is 0 Å². The van der Waals surface area contributed by atoms with E-state index in [9.17, 15) is 0 Å². The van der Waals surface area contributed by atoms with Gasteiger partial charge in [-0.15, -0.1) is 0 Å². The quantitative estimate of drug-likeness (QED) is 0.240. The highest BCUT2D eigenvalue weighted by Gasteiger charge is 2.27. The van der Waals surface area contributed by atoms with E-state index in [2.05, 4.69) is 78.1 Å². The second-order valence-corrected chi connectivity index (χ2v) is 8.87. The van der Waals surface area contributed by atoms with Crippen molar-refractivity contribution in [3.05, 3.63) is 119 Å². The third kappa shape index (κ3) is 6.43. The van der Waals surface area contributed by atoms with Crippen molar-refractivity contribution in [1.82, 2.24) is 5.32 Å². The summed E-state index contributed by atoms with van der Waals surface area (Å²) in [5.74, 6) is 2.93. The molecular formula is C32H35NO4. The van der Waals surface area contributed by atoms with Gasteiger partial charge in [0.25, 0.3) is 0 Å². The van der Waals surface area contributed by atoms with Crippen LogP contribution >= 0.6 is 0 Å². The summed E-state index contributed by atoms with van der Waals surface area (Å²) in [5, 5.41) is 3.86. The molecule has 0 aliphatic carbocycles. The molecule has 0 aliphatic rings. The van der Waals surface area contributed by atoms with Crippen molar-refractivity contribution in [3.8, 4) is 23.0 Å². The van der Waals surface area contributed by atoms with Crippen LogP contribution < -0.4 is 24.3 Å². The Morgan fingerprint density at radius 2 is 1.03 bits per heavy atom. The van der Waals surface area contributed by atoms with E-state index in [0.717, 1.165) is 24.1 Å². The molecule has 2 atom stereocenters. The molecule has 0 aliphatic heterocycles. The number of benzene rings is 4. The van der Waals surface area contributed by atoms with Gasteiger partial charge in [-0.05, 0) is 52.9 Å². The van der Waals surface area contributed by atoms with Crippen molar-refractivity contribution >= 4 is 0 Å². The molecule has 4 rings (SSSR count). The van der Waals surface area contributed by atoms with Gasteiger partial charge in [0.2, 0.25) is 0 Å². The molecule has 1 N–H and O–H groups in total. The molecule has 4 aromatic carbocycles. The Morgan fingerprint density at radius 3 is 1.57 bits per heavy atom. The van der Waals surface area contributed by atoms with E-state index in [1.165, 1.54) is 11.1 Å². The van der Waals surface area contributed by atoms with Crippen molar-refractivity contribution in [1.29, 1.82) is 0 Å².